The standard InChI is InChI=1S/C23H32BrN3O2/c1-5-6-12-25-16(2)18-10-13-27(14-11-18)15-20-17(3)29-23(26-20)22-19(24)8-7-9-21(22)28-4/h7-9,18,25H,2,5-6,10-15H2,1,3-4H3. The van der Waals surface area contributed by atoms with Crippen molar-refractivity contribution in [3.05, 3.63) is 46.4 Å². The molecule has 0 unspecified atom stereocenters. The Morgan fingerprint density at radius 3 is 2.83 bits per heavy atom. The van der Waals surface area contributed by atoms with Gasteiger partial charge in [0.2, 0.25) is 5.89 Å². The van der Waals surface area contributed by atoms with Crippen LogP contribution in [0.1, 0.15) is 44.1 Å². The number of piperidine rings is 1. The fourth-order valence-electron chi connectivity index (χ4n) is 3.79. The third-order valence-electron chi connectivity index (χ3n) is 5.64. The lowest BCUT2D eigenvalue weighted by molar-refractivity contribution is 0.186. The fourth-order valence-corrected chi connectivity index (χ4v) is 4.30. The van der Waals surface area contributed by atoms with E-state index in [9.17, 15) is 0 Å². The van der Waals surface area contributed by atoms with Gasteiger partial charge in [0, 0.05) is 29.2 Å². The van der Waals surface area contributed by atoms with Crippen LogP contribution in [0.15, 0.2) is 39.4 Å². The summed E-state index contributed by atoms with van der Waals surface area (Å²) in [4.78, 5) is 7.26. The van der Waals surface area contributed by atoms with E-state index in [1.165, 1.54) is 18.5 Å². The number of likely N-dealkylation sites (tertiary alicyclic amines) is 1. The number of allylic oxidation sites excluding steroid dienone is 1. The van der Waals surface area contributed by atoms with Gasteiger partial charge in [-0.25, -0.2) is 4.98 Å². The molecule has 0 bridgehead atoms. The van der Waals surface area contributed by atoms with Gasteiger partial charge in [0.25, 0.3) is 0 Å². The maximum Gasteiger partial charge on any atom is 0.231 e. The highest BCUT2D eigenvalue weighted by molar-refractivity contribution is 9.10. The van der Waals surface area contributed by atoms with E-state index < -0.39 is 0 Å². The van der Waals surface area contributed by atoms with E-state index in [1.54, 1.807) is 7.11 Å². The van der Waals surface area contributed by atoms with Gasteiger partial charge in [-0.2, -0.15) is 0 Å². The number of rotatable bonds is 9. The number of hydrogen-bond donors (Lipinski definition) is 1. The lowest BCUT2D eigenvalue weighted by Crippen LogP contribution is -2.36. The molecule has 0 atom stereocenters. The van der Waals surface area contributed by atoms with Crippen molar-refractivity contribution in [1.29, 1.82) is 0 Å². The number of oxazole rings is 1. The van der Waals surface area contributed by atoms with E-state index >= 15 is 0 Å². The highest BCUT2D eigenvalue weighted by Gasteiger charge is 2.24. The van der Waals surface area contributed by atoms with Crippen molar-refractivity contribution < 1.29 is 9.15 Å². The first-order valence-electron chi connectivity index (χ1n) is 10.5. The molecule has 29 heavy (non-hydrogen) atoms. The normalized spacial score (nSPS) is 15.4. The second-order valence-corrected chi connectivity index (χ2v) is 8.55. The summed E-state index contributed by atoms with van der Waals surface area (Å²) in [5, 5.41) is 3.51. The van der Waals surface area contributed by atoms with Crippen molar-refractivity contribution in [3.8, 4) is 17.2 Å². The van der Waals surface area contributed by atoms with Crippen LogP contribution >= 0.6 is 15.9 Å². The second kappa shape index (κ2) is 10.3. The number of aromatic nitrogens is 1. The minimum Gasteiger partial charge on any atom is -0.496 e. The molecular formula is C23H32BrN3O2. The number of nitrogens with one attached hydrogen (secondary N) is 1. The number of unbranched alkanes of at least 4 members (excludes halogenated alkanes) is 1. The molecule has 0 amide bonds. The molecule has 1 aromatic carbocycles. The molecule has 1 aromatic heterocycles. The minimum absolute atomic E-state index is 0.571. The molecule has 0 aliphatic carbocycles. The van der Waals surface area contributed by atoms with E-state index in [2.05, 4.69) is 39.6 Å². The molecule has 2 aromatic rings. The maximum absolute atomic E-state index is 6.01. The molecule has 6 heteroatoms. The third-order valence-corrected chi connectivity index (χ3v) is 6.30. The predicted octanol–water partition coefficient (Wildman–Crippen LogP) is 5.54. The lowest BCUT2D eigenvalue weighted by atomic mass is 9.94. The van der Waals surface area contributed by atoms with Crippen LogP contribution in [-0.4, -0.2) is 36.6 Å². The number of halogens is 1. The number of nitrogens with zero attached hydrogens (tertiary/aromatic N) is 2. The maximum atomic E-state index is 6.01. The summed E-state index contributed by atoms with van der Waals surface area (Å²) in [6, 6.07) is 5.84. The van der Waals surface area contributed by atoms with Gasteiger partial charge in [-0.15, -0.1) is 0 Å². The Balaban J connectivity index is 1.61. The summed E-state index contributed by atoms with van der Waals surface area (Å²) in [6.45, 7) is 12.4. The van der Waals surface area contributed by atoms with Crippen LogP contribution in [0.25, 0.3) is 11.5 Å². The van der Waals surface area contributed by atoms with Gasteiger partial charge in [-0.05, 0) is 67.3 Å². The molecule has 0 saturated carbocycles. The van der Waals surface area contributed by atoms with Crippen molar-refractivity contribution in [2.24, 2.45) is 5.92 Å². The first-order valence-corrected chi connectivity index (χ1v) is 11.3. The van der Waals surface area contributed by atoms with Crippen molar-refractivity contribution >= 4 is 15.9 Å². The smallest absolute Gasteiger partial charge is 0.231 e. The average Bonchev–Trinajstić information content (AvgIpc) is 3.08. The Kier molecular flexibility index (Phi) is 7.78. The summed E-state index contributed by atoms with van der Waals surface area (Å²) in [5.41, 5.74) is 3.06. The molecule has 5 nitrogen and oxygen atoms in total. The highest BCUT2D eigenvalue weighted by atomic mass is 79.9. The van der Waals surface area contributed by atoms with Crippen LogP contribution in [0.4, 0.5) is 0 Å². The highest BCUT2D eigenvalue weighted by Crippen LogP contribution is 2.37. The van der Waals surface area contributed by atoms with Crippen molar-refractivity contribution in [2.45, 2.75) is 46.1 Å². The molecule has 3 rings (SSSR count). The Hall–Kier alpha value is -1.79. The van der Waals surface area contributed by atoms with Crippen LogP contribution in [0.3, 0.4) is 0 Å². The zero-order chi connectivity index (χ0) is 20.8. The summed E-state index contributed by atoms with van der Waals surface area (Å²) in [7, 11) is 1.66. The van der Waals surface area contributed by atoms with Gasteiger partial charge < -0.3 is 14.5 Å². The Morgan fingerprint density at radius 2 is 2.14 bits per heavy atom. The van der Waals surface area contributed by atoms with E-state index in [4.69, 9.17) is 14.1 Å². The number of aryl methyl sites for hydroxylation is 1. The van der Waals surface area contributed by atoms with Crippen molar-refractivity contribution in [2.75, 3.05) is 26.7 Å². The van der Waals surface area contributed by atoms with Crippen LogP contribution in [0.2, 0.25) is 0 Å². The molecule has 0 radical (unpaired) electrons. The Bertz CT molecular complexity index is 826. The van der Waals surface area contributed by atoms with E-state index in [0.717, 1.165) is 66.3 Å². The quantitative estimate of drug-likeness (QED) is 0.496. The van der Waals surface area contributed by atoms with E-state index in [1.807, 2.05) is 25.1 Å². The molecule has 1 fully saturated rings. The van der Waals surface area contributed by atoms with Crippen molar-refractivity contribution in [1.82, 2.24) is 15.2 Å². The number of methoxy groups -OCH3 is 1. The largest absolute Gasteiger partial charge is 0.496 e. The minimum atomic E-state index is 0.571. The summed E-state index contributed by atoms with van der Waals surface area (Å²) < 4.78 is 12.4. The van der Waals surface area contributed by atoms with Crippen LogP contribution in [0.5, 0.6) is 5.75 Å². The number of hydrogen-bond acceptors (Lipinski definition) is 5. The van der Waals surface area contributed by atoms with E-state index in [0.29, 0.717) is 11.8 Å². The van der Waals surface area contributed by atoms with Crippen LogP contribution < -0.4 is 10.1 Å². The number of benzene rings is 1. The monoisotopic (exact) mass is 461 g/mol. The fraction of sp³-hybridized carbons (Fsp3) is 0.522. The van der Waals surface area contributed by atoms with E-state index in [-0.39, 0.29) is 0 Å². The van der Waals surface area contributed by atoms with Gasteiger partial charge in [0.05, 0.1) is 18.4 Å². The van der Waals surface area contributed by atoms with Gasteiger partial charge in [0.1, 0.15) is 11.5 Å². The topological polar surface area (TPSA) is 50.5 Å². The number of ether oxygens (including phenoxy) is 1. The van der Waals surface area contributed by atoms with Gasteiger partial charge in [0.15, 0.2) is 0 Å². The Labute approximate surface area is 182 Å². The zero-order valence-corrected chi connectivity index (χ0v) is 19.3. The molecule has 1 saturated heterocycles. The summed E-state index contributed by atoms with van der Waals surface area (Å²) in [5.74, 6) is 2.79. The molecule has 1 N–H and O–H groups in total. The van der Waals surface area contributed by atoms with Crippen LogP contribution in [-0.2, 0) is 6.54 Å². The molecule has 158 valence electrons. The molecule has 1 aliphatic rings. The lowest BCUT2D eigenvalue weighted by Gasteiger charge is -2.32. The predicted molar refractivity (Wildman–Crippen MR) is 121 cm³/mol. The van der Waals surface area contributed by atoms with Crippen molar-refractivity contribution in [3.63, 3.8) is 0 Å². The SMILES string of the molecule is C=C(NCCCC)C1CCN(Cc2nc(-c3c(Br)cccc3OC)oc2C)CC1. The van der Waals surface area contributed by atoms with Crippen LogP contribution in [0, 0.1) is 12.8 Å². The first-order chi connectivity index (χ1) is 14.0. The zero-order valence-electron chi connectivity index (χ0n) is 17.8. The Morgan fingerprint density at radius 1 is 1.38 bits per heavy atom. The second-order valence-electron chi connectivity index (χ2n) is 7.69. The summed E-state index contributed by atoms with van der Waals surface area (Å²) >= 11 is 3.59. The molecular weight excluding hydrogens is 430 g/mol. The van der Waals surface area contributed by atoms with Gasteiger partial charge >= 0.3 is 0 Å². The first kappa shape index (κ1) is 21.9. The molecule has 1 aliphatic heterocycles. The average molecular weight is 462 g/mol. The molecule has 0 spiro atoms. The molecule has 2 heterocycles. The van der Waals surface area contributed by atoms with Gasteiger partial charge in [-0.3, -0.25) is 4.90 Å². The van der Waals surface area contributed by atoms with Gasteiger partial charge in [-0.1, -0.05) is 26.0 Å². The summed E-state index contributed by atoms with van der Waals surface area (Å²) in [6.07, 6.45) is 4.69. The third kappa shape index (κ3) is 5.43.